The third-order valence-electron chi connectivity index (χ3n) is 4.07. The molecule has 0 amide bonds. The Bertz CT molecular complexity index is 425. The predicted octanol–water partition coefficient (Wildman–Crippen LogP) is 3.80. The van der Waals surface area contributed by atoms with Crippen LogP contribution in [0.5, 0.6) is 11.5 Å². The lowest BCUT2D eigenvalue weighted by Gasteiger charge is -2.30. The molecule has 0 aliphatic heterocycles. The Labute approximate surface area is 122 Å². The summed E-state index contributed by atoms with van der Waals surface area (Å²) in [5, 5.41) is 9.69. The number of hydrogen-bond acceptors (Lipinski definition) is 3. The van der Waals surface area contributed by atoms with Crippen LogP contribution in [0.15, 0.2) is 18.2 Å². The van der Waals surface area contributed by atoms with Crippen LogP contribution < -0.4 is 4.74 Å². The van der Waals surface area contributed by atoms with Crippen molar-refractivity contribution in [1.29, 1.82) is 0 Å². The van der Waals surface area contributed by atoms with Gasteiger partial charge in [-0.25, -0.2) is 0 Å². The molecule has 0 saturated heterocycles. The highest BCUT2D eigenvalue weighted by atomic mass is 16.5. The van der Waals surface area contributed by atoms with Gasteiger partial charge in [0.2, 0.25) is 0 Å². The number of phenolic OH excluding ortho intramolecular Hbond substituents is 1. The molecule has 0 bridgehead atoms. The van der Waals surface area contributed by atoms with Gasteiger partial charge < -0.3 is 9.84 Å². The van der Waals surface area contributed by atoms with E-state index in [0.29, 0.717) is 11.7 Å². The first kappa shape index (κ1) is 15.2. The monoisotopic (exact) mass is 277 g/mol. The Kier molecular flexibility index (Phi) is 5.30. The third-order valence-corrected chi connectivity index (χ3v) is 4.07. The van der Waals surface area contributed by atoms with Gasteiger partial charge in [-0.15, -0.1) is 0 Å². The molecular formula is C17H27NO2. The minimum Gasteiger partial charge on any atom is -0.504 e. The lowest BCUT2D eigenvalue weighted by atomic mass is 10.1. The van der Waals surface area contributed by atoms with E-state index in [1.54, 1.807) is 13.2 Å². The van der Waals surface area contributed by atoms with E-state index in [1.165, 1.54) is 31.2 Å². The molecule has 0 spiro atoms. The van der Waals surface area contributed by atoms with Gasteiger partial charge in [0.25, 0.3) is 0 Å². The summed E-state index contributed by atoms with van der Waals surface area (Å²) < 4.78 is 5.21. The molecule has 0 unspecified atom stereocenters. The molecule has 0 heterocycles. The zero-order valence-electron chi connectivity index (χ0n) is 12.9. The average molecular weight is 277 g/mol. The molecule has 3 nitrogen and oxygen atoms in total. The Morgan fingerprint density at radius 2 is 2.00 bits per heavy atom. The molecule has 2 rings (SSSR count). The Morgan fingerprint density at radius 1 is 1.30 bits per heavy atom. The quantitative estimate of drug-likeness (QED) is 0.858. The van der Waals surface area contributed by atoms with E-state index in [9.17, 15) is 5.11 Å². The maximum absolute atomic E-state index is 9.69. The van der Waals surface area contributed by atoms with Crippen LogP contribution in [0.25, 0.3) is 0 Å². The number of rotatable bonds is 6. The summed E-state index contributed by atoms with van der Waals surface area (Å²) >= 11 is 0. The van der Waals surface area contributed by atoms with Crippen LogP contribution in [0, 0.1) is 5.92 Å². The molecule has 1 N–H and O–H groups in total. The topological polar surface area (TPSA) is 32.7 Å². The zero-order chi connectivity index (χ0) is 14.5. The van der Waals surface area contributed by atoms with Gasteiger partial charge in [0.05, 0.1) is 7.11 Å². The van der Waals surface area contributed by atoms with E-state index in [-0.39, 0.29) is 5.75 Å². The Balaban J connectivity index is 2.09. The molecule has 0 aromatic heterocycles. The third kappa shape index (κ3) is 3.89. The maximum atomic E-state index is 9.69. The van der Waals surface area contributed by atoms with Gasteiger partial charge >= 0.3 is 0 Å². The fourth-order valence-electron chi connectivity index (χ4n) is 3.14. The maximum Gasteiger partial charge on any atom is 0.160 e. The van der Waals surface area contributed by atoms with Crippen molar-refractivity contribution in [2.24, 2.45) is 5.92 Å². The zero-order valence-corrected chi connectivity index (χ0v) is 12.9. The van der Waals surface area contributed by atoms with Crippen molar-refractivity contribution in [3.8, 4) is 11.5 Å². The van der Waals surface area contributed by atoms with Crippen LogP contribution in [0.2, 0.25) is 0 Å². The van der Waals surface area contributed by atoms with Crippen molar-refractivity contribution in [2.75, 3.05) is 13.7 Å². The summed E-state index contributed by atoms with van der Waals surface area (Å²) in [5.41, 5.74) is 1.22. The van der Waals surface area contributed by atoms with Crippen LogP contribution in [-0.4, -0.2) is 29.7 Å². The lowest BCUT2D eigenvalue weighted by molar-refractivity contribution is 0.168. The molecular weight excluding hydrogens is 250 g/mol. The van der Waals surface area contributed by atoms with Gasteiger partial charge in [-0.2, -0.15) is 0 Å². The van der Waals surface area contributed by atoms with E-state index in [0.717, 1.165) is 19.1 Å². The van der Waals surface area contributed by atoms with Crippen molar-refractivity contribution < 1.29 is 9.84 Å². The smallest absolute Gasteiger partial charge is 0.160 e. The van der Waals surface area contributed by atoms with E-state index in [2.05, 4.69) is 18.7 Å². The van der Waals surface area contributed by atoms with Gasteiger partial charge in [0, 0.05) is 19.1 Å². The van der Waals surface area contributed by atoms with E-state index < -0.39 is 0 Å². The largest absolute Gasteiger partial charge is 0.504 e. The Hall–Kier alpha value is -1.22. The standard InChI is InChI=1S/C17H27NO2/c1-13(2)11-18(15-6-4-5-7-15)12-14-8-9-16(19)17(10-14)20-3/h8-10,13,15,19H,4-7,11-12H2,1-3H3. The SMILES string of the molecule is COc1cc(CN(CC(C)C)C2CCCC2)ccc1O. The summed E-state index contributed by atoms with van der Waals surface area (Å²) in [6, 6.07) is 6.41. The second-order valence-corrected chi connectivity index (χ2v) is 6.27. The second kappa shape index (κ2) is 6.98. The van der Waals surface area contributed by atoms with Crippen LogP contribution in [0.3, 0.4) is 0 Å². The molecule has 1 aromatic rings. The van der Waals surface area contributed by atoms with E-state index in [1.807, 2.05) is 12.1 Å². The number of nitrogens with zero attached hydrogens (tertiary/aromatic N) is 1. The molecule has 1 aliphatic rings. The van der Waals surface area contributed by atoms with Crippen molar-refractivity contribution in [3.05, 3.63) is 23.8 Å². The van der Waals surface area contributed by atoms with Crippen molar-refractivity contribution in [2.45, 2.75) is 52.1 Å². The molecule has 1 fully saturated rings. The summed E-state index contributed by atoms with van der Waals surface area (Å²) in [6.45, 7) is 6.63. The molecule has 20 heavy (non-hydrogen) atoms. The van der Waals surface area contributed by atoms with E-state index in [4.69, 9.17) is 4.74 Å². The minimum atomic E-state index is 0.215. The molecule has 1 aliphatic carbocycles. The normalized spacial score (nSPS) is 16.2. The summed E-state index contributed by atoms with van der Waals surface area (Å²) in [4.78, 5) is 2.60. The van der Waals surface area contributed by atoms with Gasteiger partial charge in [-0.05, 0) is 36.5 Å². The van der Waals surface area contributed by atoms with Crippen molar-refractivity contribution >= 4 is 0 Å². The number of methoxy groups -OCH3 is 1. The molecule has 3 heteroatoms. The van der Waals surface area contributed by atoms with Gasteiger partial charge in [0.1, 0.15) is 0 Å². The van der Waals surface area contributed by atoms with Gasteiger partial charge in [0.15, 0.2) is 11.5 Å². The number of phenols is 1. The number of aromatic hydroxyl groups is 1. The fourth-order valence-corrected chi connectivity index (χ4v) is 3.14. The average Bonchev–Trinajstić information content (AvgIpc) is 2.93. The predicted molar refractivity (Wildman–Crippen MR) is 82.2 cm³/mol. The second-order valence-electron chi connectivity index (χ2n) is 6.27. The first-order valence-corrected chi connectivity index (χ1v) is 7.70. The van der Waals surface area contributed by atoms with E-state index >= 15 is 0 Å². The summed E-state index contributed by atoms with van der Waals surface area (Å²) in [6.07, 6.45) is 5.36. The fraction of sp³-hybridized carbons (Fsp3) is 0.647. The molecule has 0 radical (unpaired) electrons. The highest BCUT2D eigenvalue weighted by Crippen LogP contribution is 2.29. The summed E-state index contributed by atoms with van der Waals surface area (Å²) in [7, 11) is 1.60. The van der Waals surface area contributed by atoms with Crippen molar-refractivity contribution in [1.82, 2.24) is 4.90 Å². The lowest BCUT2D eigenvalue weighted by Crippen LogP contribution is -2.35. The number of benzene rings is 1. The minimum absolute atomic E-state index is 0.215. The van der Waals surface area contributed by atoms with Gasteiger partial charge in [-0.3, -0.25) is 4.90 Å². The number of ether oxygens (including phenoxy) is 1. The molecule has 1 saturated carbocycles. The molecule has 112 valence electrons. The van der Waals surface area contributed by atoms with Crippen LogP contribution in [-0.2, 0) is 6.54 Å². The van der Waals surface area contributed by atoms with Crippen LogP contribution >= 0.6 is 0 Å². The van der Waals surface area contributed by atoms with Crippen LogP contribution in [0.1, 0.15) is 45.1 Å². The molecule has 0 atom stereocenters. The van der Waals surface area contributed by atoms with Crippen LogP contribution in [0.4, 0.5) is 0 Å². The molecule has 1 aromatic carbocycles. The first-order valence-electron chi connectivity index (χ1n) is 7.70. The highest BCUT2D eigenvalue weighted by molar-refractivity contribution is 5.41. The van der Waals surface area contributed by atoms with Gasteiger partial charge in [-0.1, -0.05) is 32.8 Å². The highest BCUT2D eigenvalue weighted by Gasteiger charge is 2.23. The summed E-state index contributed by atoms with van der Waals surface area (Å²) in [5.74, 6) is 1.46. The first-order chi connectivity index (χ1) is 9.60. The number of hydrogen-bond donors (Lipinski definition) is 1. The Morgan fingerprint density at radius 3 is 2.60 bits per heavy atom. The van der Waals surface area contributed by atoms with Crippen molar-refractivity contribution in [3.63, 3.8) is 0 Å².